The van der Waals surface area contributed by atoms with E-state index in [9.17, 15) is 4.39 Å². The lowest BCUT2D eigenvalue weighted by Gasteiger charge is -2.07. The molecular weight excluding hydrogens is 335 g/mol. The minimum absolute atomic E-state index is 0.337. The second-order valence-electron chi connectivity index (χ2n) is 4.39. The summed E-state index contributed by atoms with van der Waals surface area (Å²) in [4.78, 5) is 7.35. The molecule has 0 saturated heterocycles. The molecule has 0 fully saturated rings. The molecule has 0 radical (unpaired) electrons. The number of azide groups is 1. The van der Waals surface area contributed by atoms with E-state index in [-0.39, 0.29) is 5.82 Å². The van der Waals surface area contributed by atoms with E-state index in [1.165, 1.54) is 12.1 Å². The fourth-order valence-electron chi connectivity index (χ4n) is 2.11. The molecule has 4 nitrogen and oxygen atoms in total. The normalized spacial score (nSPS) is 10.4. The van der Waals surface area contributed by atoms with Crippen LogP contribution < -0.4 is 0 Å². The minimum atomic E-state index is -0.337. The van der Waals surface area contributed by atoms with Crippen molar-refractivity contribution in [2.75, 3.05) is 0 Å². The minimum Gasteiger partial charge on any atom is -0.248 e. The second-order valence-corrected chi connectivity index (χ2v) is 5.30. The van der Waals surface area contributed by atoms with Crippen LogP contribution in [-0.2, 0) is 0 Å². The molecule has 0 unspecified atom stereocenters. The van der Waals surface area contributed by atoms with Crippen LogP contribution >= 0.6 is 15.9 Å². The van der Waals surface area contributed by atoms with Crippen LogP contribution in [0.15, 0.2) is 58.1 Å². The Morgan fingerprint density at radius 3 is 2.76 bits per heavy atom. The van der Waals surface area contributed by atoms with Gasteiger partial charge in [0.25, 0.3) is 0 Å². The van der Waals surface area contributed by atoms with E-state index in [4.69, 9.17) is 5.53 Å². The van der Waals surface area contributed by atoms with Gasteiger partial charge in [-0.1, -0.05) is 33.2 Å². The third-order valence-corrected chi connectivity index (χ3v) is 3.51. The topological polar surface area (TPSA) is 61.7 Å². The molecule has 0 spiro atoms. The van der Waals surface area contributed by atoms with E-state index >= 15 is 0 Å². The molecule has 0 N–H and O–H groups in total. The third-order valence-electron chi connectivity index (χ3n) is 3.02. The lowest BCUT2D eigenvalue weighted by atomic mass is 10.1. The van der Waals surface area contributed by atoms with Crippen LogP contribution in [0.4, 0.5) is 10.1 Å². The molecule has 0 aliphatic heterocycles. The van der Waals surface area contributed by atoms with Gasteiger partial charge in [0.2, 0.25) is 0 Å². The fourth-order valence-corrected chi connectivity index (χ4v) is 2.47. The van der Waals surface area contributed by atoms with Crippen molar-refractivity contribution in [3.63, 3.8) is 0 Å². The summed E-state index contributed by atoms with van der Waals surface area (Å²) in [6.07, 6.45) is 0. The number of aromatic nitrogens is 1. The summed E-state index contributed by atoms with van der Waals surface area (Å²) in [5.74, 6) is -0.337. The maximum absolute atomic E-state index is 13.4. The SMILES string of the molecule is [N-]=[N+]=Nc1cc(-c2cccc(F)c2)nc2ccc(Br)cc12. The Bertz CT molecular complexity index is 888. The van der Waals surface area contributed by atoms with Gasteiger partial charge in [0, 0.05) is 26.0 Å². The van der Waals surface area contributed by atoms with Crippen LogP contribution in [0.1, 0.15) is 0 Å². The standard InChI is InChI=1S/C15H8BrFN4/c16-10-4-5-13-12(7-10)15(20-21-18)8-14(19-13)9-2-1-3-11(17)6-9/h1-8H. The van der Waals surface area contributed by atoms with Gasteiger partial charge in [0.1, 0.15) is 5.82 Å². The molecule has 0 aliphatic rings. The molecule has 0 atom stereocenters. The zero-order valence-electron chi connectivity index (χ0n) is 10.7. The lowest BCUT2D eigenvalue weighted by Crippen LogP contribution is -1.87. The molecule has 0 saturated carbocycles. The third kappa shape index (κ3) is 2.72. The summed E-state index contributed by atoms with van der Waals surface area (Å²) >= 11 is 3.38. The number of fused-ring (bicyclic) bond motifs is 1. The molecule has 102 valence electrons. The molecule has 2 aromatic carbocycles. The molecule has 6 heteroatoms. The van der Waals surface area contributed by atoms with Gasteiger partial charge in [-0.2, -0.15) is 0 Å². The van der Waals surface area contributed by atoms with Gasteiger partial charge < -0.3 is 0 Å². The van der Waals surface area contributed by atoms with Crippen molar-refractivity contribution in [3.8, 4) is 11.3 Å². The van der Waals surface area contributed by atoms with E-state index < -0.39 is 0 Å². The number of halogens is 2. The van der Waals surface area contributed by atoms with E-state index in [0.717, 1.165) is 9.86 Å². The first-order valence-corrected chi connectivity index (χ1v) is 6.88. The molecular formula is C15H8BrFN4. The van der Waals surface area contributed by atoms with Crippen LogP contribution in [0, 0.1) is 5.82 Å². The first-order chi connectivity index (χ1) is 10.2. The number of hydrogen-bond donors (Lipinski definition) is 0. The van der Waals surface area contributed by atoms with Crippen molar-refractivity contribution in [1.82, 2.24) is 4.98 Å². The zero-order valence-corrected chi connectivity index (χ0v) is 12.2. The first kappa shape index (κ1) is 13.5. The van der Waals surface area contributed by atoms with Crippen molar-refractivity contribution >= 4 is 32.5 Å². The Morgan fingerprint density at radius 2 is 2.00 bits per heavy atom. The quantitative estimate of drug-likeness (QED) is 0.332. The highest BCUT2D eigenvalue weighted by Crippen LogP contribution is 2.32. The molecule has 3 aromatic rings. The molecule has 3 rings (SSSR count). The van der Waals surface area contributed by atoms with Gasteiger partial charge in [-0.3, -0.25) is 0 Å². The van der Waals surface area contributed by atoms with Crippen molar-refractivity contribution in [2.24, 2.45) is 5.11 Å². The first-order valence-electron chi connectivity index (χ1n) is 6.09. The Balaban J connectivity index is 2.30. The maximum Gasteiger partial charge on any atom is 0.123 e. The van der Waals surface area contributed by atoms with Gasteiger partial charge in [0.05, 0.1) is 11.2 Å². The van der Waals surface area contributed by atoms with E-state index in [0.29, 0.717) is 22.5 Å². The Labute approximate surface area is 128 Å². The summed E-state index contributed by atoms with van der Waals surface area (Å²) in [7, 11) is 0. The van der Waals surface area contributed by atoms with Gasteiger partial charge in [-0.05, 0) is 41.9 Å². The number of benzene rings is 2. The molecule has 21 heavy (non-hydrogen) atoms. The van der Waals surface area contributed by atoms with Crippen LogP contribution in [-0.4, -0.2) is 4.98 Å². The van der Waals surface area contributed by atoms with Crippen molar-refractivity contribution < 1.29 is 4.39 Å². The van der Waals surface area contributed by atoms with Crippen molar-refractivity contribution in [2.45, 2.75) is 0 Å². The largest absolute Gasteiger partial charge is 0.248 e. The Kier molecular flexibility index (Phi) is 3.56. The monoisotopic (exact) mass is 342 g/mol. The molecule has 0 amide bonds. The van der Waals surface area contributed by atoms with Gasteiger partial charge in [-0.25, -0.2) is 9.37 Å². The van der Waals surface area contributed by atoms with Gasteiger partial charge >= 0.3 is 0 Å². The highest BCUT2D eigenvalue weighted by atomic mass is 79.9. The Hall–Kier alpha value is -2.43. The summed E-state index contributed by atoms with van der Waals surface area (Å²) in [6, 6.07) is 13.3. The van der Waals surface area contributed by atoms with Crippen LogP contribution in [0.3, 0.4) is 0 Å². The Morgan fingerprint density at radius 1 is 1.14 bits per heavy atom. The summed E-state index contributed by atoms with van der Waals surface area (Å²) < 4.78 is 14.2. The second kappa shape index (κ2) is 5.52. The molecule has 0 bridgehead atoms. The predicted octanol–water partition coefficient (Wildman–Crippen LogP) is 5.75. The average Bonchev–Trinajstić information content (AvgIpc) is 2.48. The predicted molar refractivity (Wildman–Crippen MR) is 83.6 cm³/mol. The summed E-state index contributed by atoms with van der Waals surface area (Å²) in [5, 5.41) is 4.45. The zero-order chi connectivity index (χ0) is 14.8. The van der Waals surface area contributed by atoms with Crippen molar-refractivity contribution in [3.05, 3.63) is 69.3 Å². The number of pyridine rings is 1. The average molecular weight is 343 g/mol. The lowest BCUT2D eigenvalue weighted by molar-refractivity contribution is 0.628. The molecule has 0 aliphatic carbocycles. The molecule has 1 aromatic heterocycles. The number of hydrogen-bond acceptors (Lipinski definition) is 2. The number of nitrogens with zero attached hydrogens (tertiary/aromatic N) is 4. The van der Waals surface area contributed by atoms with E-state index in [1.54, 1.807) is 18.2 Å². The van der Waals surface area contributed by atoms with Gasteiger partial charge in [-0.15, -0.1) is 0 Å². The summed E-state index contributed by atoms with van der Waals surface area (Å²) in [5.41, 5.74) is 11.1. The fraction of sp³-hybridized carbons (Fsp3) is 0. The smallest absolute Gasteiger partial charge is 0.123 e. The van der Waals surface area contributed by atoms with Crippen LogP contribution in [0.25, 0.3) is 32.6 Å². The maximum atomic E-state index is 13.4. The van der Waals surface area contributed by atoms with Crippen LogP contribution in [0.2, 0.25) is 0 Å². The summed E-state index contributed by atoms with van der Waals surface area (Å²) in [6.45, 7) is 0. The van der Waals surface area contributed by atoms with Gasteiger partial charge in [0.15, 0.2) is 0 Å². The van der Waals surface area contributed by atoms with E-state index in [1.807, 2.05) is 18.2 Å². The van der Waals surface area contributed by atoms with Crippen molar-refractivity contribution in [1.29, 1.82) is 0 Å². The molecule has 1 heterocycles. The van der Waals surface area contributed by atoms with E-state index in [2.05, 4.69) is 30.9 Å². The van der Waals surface area contributed by atoms with Crippen LogP contribution in [0.5, 0.6) is 0 Å². The number of rotatable bonds is 2. The highest BCUT2D eigenvalue weighted by molar-refractivity contribution is 9.10. The highest BCUT2D eigenvalue weighted by Gasteiger charge is 2.08.